The summed E-state index contributed by atoms with van der Waals surface area (Å²) in [4.78, 5) is 13.7. The van der Waals surface area contributed by atoms with Gasteiger partial charge in [0.15, 0.2) is 0 Å². The van der Waals surface area contributed by atoms with Crippen LogP contribution < -0.4 is 0 Å². The van der Waals surface area contributed by atoms with Crippen LogP contribution in [-0.2, 0) is 16.1 Å². The van der Waals surface area contributed by atoms with Gasteiger partial charge in [0.05, 0.1) is 13.0 Å². The van der Waals surface area contributed by atoms with Crippen molar-refractivity contribution >= 4 is 5.97 Å². The fraction of sp³-hybridized carbons (Fsp3) is 0.727. The van der Waals surface area contributed by atoms with E-state index in [1.807, 2.05) is 6.92 Å². The van der Waals surface area contributed by atoms with Crippen LogP contribution in [0.15, 0.2) is 4.63 Å². The number of hydrogen-bond acceptors (Lipinski definition) is 6. The van der Waals surface area contributed by atoms with Crippen molar-refractivity contribution < 1.29 is 14.2 Å². The summed E-state index contributed by atoms with van der Waals surface area (Å²) in [5.41, 5.74) is 1.65. The molecule has 0 aromatic carbocycles. The highest BCUT2D eigenvalue weighted by atomic mass is 16.6. The van der Waals surface area contributed by atoms with Crippen molar-refractivity contribution in [1.82, 2.24) is 15.2 Å². The Kier molecular flexibility index (Phi) is 3.73. The molecule has 6 heteroatoms. The highest BCUT2D eigenvalue weighted by molar-refractivity contribution is 5.72. The molecule has 17 heavy (non-hydrogen) atoms. The predicted molar refractivity (Wildman–Crippen MR) is 59.1 cm³/mol. The van der Waals surface area contributed by atoms with Crippen LogP contribution in [0.2, 0.25) is 0 Å². The van der Waals surface area contributed by atoms with E-state index in [-0.39, 0.29) is 11.9 Å². The number of carbonyl (C=O) groups is 1. The Bertz CT molecular complexity index is 391. The smallest absolute Gasteiger partial charge is 0.309 e. The number of hydrogen-bond donors (Lipinski definition) is 0. The van der Waals surface area contributed by atoms with Crippen LogP contribution in [0.4, 0.5) is 0 Å². The number of esters is 1. The Hall–Kier alpha value is -1.43. The van der Waals surface area contributed by atoms with Gasteiger partial charge in [0, 0.05) is 13.1 Å². The second-order valence-corrected chi connectivity index (χ2v) is 4.39. The number of ether oxygens (including phenoxy) is 1. The van der Waals surface area contributed by atoms with Gasteiger partial charge in [-0.15, -0.1) is 0 Å². The summed E-state index contributed by atoms with van der Waals surface area (Å²) in [5.74, 6) is -0.140. The van der Waals surface area contributed by atoms with Crippen LogP contribution in [0, 0.1) is 12.8 Å². The summed E-state index contributed by atoms with van der Waals surface area (Å²) in [7, 11) is 1.44. The van der Waals surface area contributed by atoms with Crippen molar-refractivity contribution in [3.63, 3.8) is 0 Å². The van der Waals surface area contributed by atoms with Crippen molar-refractivity contribution in [3.05, 3.63) is 11.4 Å². The molecule has 1 aromatic heterocycles. The average molecular weight is 239 g/mol. The lowest BCUT2D eigenvalue weighted by molar-refractivity contribution is -0.147. The highest BCUT2D eigenvalue weighted by Crippen LogP contribution is 2.19. The Morgan fingerprint density at radius 2 is 2.41 bits per heavy atom. The topological polar surface area (TPSA) is 68.5 Å². The average Bonchev–Trinajstić information content (AvgIpc) is 2.74. The Morgan fingerprint density at radius 1 is 1.59 bits per heavy atom. The lowest BCUT2D eigenvalue weighted by Gasteiger charge is -2.30. The number of rotatable bonds is 3. The van der Waals surface area contributed by atoms with Gasteiger partial charge in [-0.25, -0.2) is 4.63 Å². The van der Waals surface area contributed by atoms with Crippen LogP contribution >= 0.6 is 0 Å². The molecule has 0 amide bonds. The summed E-state index contributed by atoms with van der Waals surface area (Å²) in [6.07, 6.45) is 1.91. The quantitative estimate of drug-likeness (QED) is 0.725. The minimum atomic E-state index is -0.121. The second-order valence-electron chi connectivity index (χ2n) is 4.39. The third-order valence-corrected chi connectivity index (χ3v) is 3.16. The maximum atomic E-state index is 11.5. The first-order chi connectivity index (χ1) is 8.20. The van der Waals surface area contributed by atoms with Gasteiger partial charge < -0.3 is 4.74 Å². The maximum Gasteiger partial charge on any atom is 0.309 e. The number of methoxy groups -OCH3 is 1. The van der Waals surface area contributed by atoms with Gasteiger partial charge >= 0.3 is 5.97 Å². The zero-order valence-corrected chi connectivity index (χ0v) is 10.2. The first kappa shape index (κ1) is 12.0. The zero-order valence-electron chi connectivity index (χ0n) is 10.2. The minimum Gasteiger partial charge on any atom is -0.469 e. The fourth-order valence-electron chi connectivity index (χ4n) is 2.16. The van der Waals surface area contributed by atoms with Gasteiger partial charge in [-0.3, -0.25) is 9.69 Å². The number of piperidine rings is 1. The van der Waals surface area contributed by atoms with Gasteiger partial charge in [-0.05, 0) is 26.3 Å². The largest absolute Gasteiger partial charge is 0.469 e. The molecular weight excluding hydrogens is 222 g/mol. The van der Waals surface area contributed by atoms with E-state index in [1.165, 1.54) is 7.11 Å². The van der Waals surface area contributed by atoms with Gasteiger partial charge in [-0.2, -0.15) is 0 Å². The van der Waals surface area contributed by atoms with Gasteiger partial charge in [0.1, 0.15) is 11.4 Å². The molecule has 0 spiro atoms. The van der Waals surface area contributed by atoms with Crippen LogP contribution in [-0.4, -0.2) is 41.4 Å². The summed E-state index contributed by atoms with van der Waals surface area (Å²) in [6, 6.07) is 0. The maximum absolute atomic E-state index is 11.5. The van der Waals surface area contributed by atoms with Gasteiger partial charge in [0.2, 0.25) is 0 Å². The fourth-order valence-corrected chi connectivity index (χ4v) is 2.16. The molecule has 0 bridgehead atoms. The second kappa shape index (κ2) is 5.27. The van der Waals surface area contributed by atoms with Crippen LogP contribution in [0.1, 0.15) is 24.2 Å². The Labute approximate surface area is 99.9 Å². The van der Waals surface area contributed by atoms with Crippen LogP contribution in [0.3, 0.4) is 0 Å². The zero-order chi connectivity index (χ0) is 12.3. The van der Waals surface area contributed by atoms with Crippen molar-refractivity contribution in [2.45, 2.75) is 26.3 Å². The summed E-state index contributed by atoms with van der Waals surface area (Å²) in [5, 5.41) is 7.60. The molecule has 0 N–H and O–H groups in total. The molecule has 0 radical (unpaired) electrons. The Morgan fingerprint density at radius 3 is 3.06 bits per heavy atom. The molecule has 94 valence electrons. The number of nitrogens with zero attached hydrogens (tertiary/aromatic N) is 3. The SMILES string of the molecule is COC(=O)C1CCCN(Cc2nonc2C)C1. The predicted octanol–water partition coefficient (Wildman–Crippen LogP) is 0.763. The molecule has 1 saturated heterocycles. The number of aromatic nitrogens is 2. The molecule has 1 aliphatic heterocycles. The lowest BCUT2D eigenvalue weighted by atomic mass is 9.98. The molecule has 6 nitrogen and oxygen atoms in total. The third-order valence-electron chi connectivity index (χ3n) is 3.16. The van der Waals surface area contributed by atoms with E-state index in [1.54, 1.807) is 0 Å². The van der Waals surface area contributed by atoms with Gasteiger partial charge in [-0.1, -0.05) is 10.3 Å². The minimum absolute atomic E-state index is 0.0195. The molecule has 1 atom stereocenters. The monoisotopic (exact) mass is 239 g/mol. The summed E-state index contributed by atoms with van der Waals surface area (Å²) < 4.78 is 9.45. The molecule has 1 unspecified atom stereocenters. The Balaban J connectivity index is 1.94. The highest BCUT2D eigenvalue weighted by Gasteiger charge is 2.27. The molecule has 2 rings (SSSR count). The number of aryl methyl sites for hydroxylation is 1. The van der Waals surface area contributed by atoms with E-state index >= 15 is 0 Å². The van der Waals surface area contributed by atoms with Crippen molar-refractivity contribution in [3.8, 4) is 0 Å². The van der Waals surface area contributed by atoms with Crippen molar-refractivity contribution in [2.75, 3.05) is 20.2 Å². The number of carbonyl (C=O) groups excluding carboxylic acids is 1. The molecule has 2 heterocycles. The first-order valence-electron chi connectivity index (χ1n) is 5.79. The van der Waals surface area contributed by atoms with E-state index < -0.39 is 0 Å². The molecule has 0 aliphatic carbocycles. The molecule has 0 saturated carbocycles. The van der Waals surface area contributed by atoms with Gasteiger partial charge in [0.25, 0.3) is 0 Å². The summed E-state index contributed by atoms with van der Waals surface area (Å²) in [6.45, 7) is 4.25. The lowest BCUT2D eigenvalue weighted by Crippen LogP contribution is -2.38. The molecule has 1 fully saturated rings. The first-order valence-corrected chi connectivity index (χ1v) is 5.79. The third kappa shape index (κ3) is 2.82. The van der Waals surface area contributed by atoms with E-state index in [0.29, 0.717) is 6.54 Å². The van der Waals surface area contributed by atoms with E-state index in [2.05, 4.69) is 19.8 Å². The van der Waals surface area contributed by atoms with E-state index in [9.17, 15) is 4.79 Å². The standard InChI is InChI=1S/C11H17N3O3/c1-8-10(13-17-12-8)7-14-5-3-4-9(6-14)11(15)16-2/h9H,3-7H2,1-2H3. The summed E-state index contributed by atoms with van der Waals surface area (Å²) >= 11 is 0. The molecule has 1 aliphatic rings. The van der Waals surface area contributed by atoms with Crippen molar-refractivity contribution in [1.29, 1.82) is 0 Å². The van der Waals surface area contributed by atoms with E-state index in [0.717, 1.165) is 37.3 Å². The van der Waals surface area contributed by atoms with E-state index in [4.69, 9.17) is 4.74 Å². The molecular formula is C11H17N3O3. The van der Waals surface area contributed by atoms with Crippen LogP contribution in [0.5, 0.6) is 0 Å². The normalized spacial score (nSPS) is 21.4. The molecule has 1 aromatic rings. The van der Waals surface area contributed by atoms with Crippen molar-refractivity contribution in [2.24, 2.45) is 5.92 Å². The number of likely N-dealkylation sites (tertiary alicyclic amines) is 1. The van der Waals surface area contributed by atoms with Crippen LogP contribution in [0.25, 0.3) is 0 Å².